The third-order valence-electron chi connectivity index (χ3n) is 3.21. The van der Waals surface area contributed by atoms with Gasteiger partial charge in [0, 0.05) is 30.4 Å². The molecular formula is C15H12F3N5O4S. The lowest BCUT2D eigenvalue weighted by molar-refractivity contribution is -0.753. The Morgan fingerprint density at radius 1 is 1.29 bits per heavy atom. The Morgan fingerprint density at radius 3 is 2.39 bits per heavy atom. The minimum atomic E-state index is -5.19. The molecule has 1 atom stereocenters. The molecule has 1 unspecified atom stereocenters. The van der Waals surface area contributed by atoms with Crippen LogP contribution in [0.25, 0.3) is 11.4 Å². The first-order valence-electron chi connectivity index (χ1n) is 7.59. The molecule has 0 saturated carbocycles. The van der Waals surface area contributed by atoms with E-state index < -0.39 is 12.1 Å². The lowest BCUT2D eigenvalue weighted by atomic mass is 10.2. The smallest absolute Gasteiger partial charge is 0.430 e. The van der Waals surface area contributed by atoms with Gasteiger partial charge in [-0.15, -0.1) is 0 Å². The summed E-state index contributed by atoms with van der Waals surface area (Å²) in [5, 5.41) is 14.7. The molecule has 1 N–H and O–H groups in total. The van der Waals surface area contributed by atoms with Crippen molar-refractivity contribution in [3.8, 4) is 11.4 Å². The highest BCUT2D eigenvalue weighted by Crippen LogP contribution is 2.21. The number of carboxylic acid groups (broad SMARTS) is 1. The van der Waals surface area contributed by atoms with Gasteiger partial charge in [-0.3, -0.25) is 14.9 Å². The standard InChI is InChI=1S/C13H11N5O2S.C2HF3O2/c19-12-10(21-13(20)17-12)3-7-18-6-2-9(8-16-18)11-14-4-1-5-15-11;3-2(4,5)1(6)7/h1-2,4-6,8,10H,3,7H2;(H,6,7). The molecule has 2 amide bonds. The van der Waals surface area contributed by atoms with Gasteiger partial charge >= 0.3 is 6.18 Å². The third kappa shape index (κ3) is 6.26. The second kappa shape index (κ2) is 9.21. The lowest BCUT2D eigenvalue weighted by Gasteiger charge is -2.03. The molecule has 28 heavy (non-hydrogen) atoms. The van der Waals surface area contributed by atoms with Crippen LogP contribution in [0.3, 0.4) is 0 Å². The SMILES string of the molecule is O=C([O-])C(F)(F)F.O=C1NC(=O)C(CC[n+]2ccc(-c3ncccn3)cn2)S1. The van der Waals surface area contributed by atoms with Gasteiger partial charge in [0.2, 0.25) is 5.91 Å². The summed E-state index contributed by atoms with van der Waals surface area (Å²) in [6.07, 6.45) is 2.21. The monoisotopic (exact) mass is 415 g/mol. The van der Waals surface area contributed by atoms with Crippen LogP contribution in [-0.4, -0.2) is 43.6 Å². The van der Waals surface area contributed by atoms with Gasteiger partial charge in [-0.25, -0.2) is 9.97 Å². The maximum atomic E-state index is 11.4. The largest absolute Gasteiger partial charge is 0.542 e. The van der Waals surface area contributed by atoms with E-state index in [1.807, 2.05) is 12.3 Å². The van der Waals surface area contributed by atoms with Gasteiger partial charge in [-0.2, -0.15) is 13.2 Å². The van der Waals surface area contributed by atoms with Crippen molar-refractivity contribution in [2.45, 2.75) is 24.4 Å². The highest BCUT2D eigenvalue weighted by molar-refractivity contribution is 8.15. The Labute approximate surface area is 160 Å². The zero-order chi connectivity index (χ0) is 20.7. The maximum Gasteiger partial charge on any atom is 0.430 e. The van der Waals surface area contributed by atoms with E-state index in [2.05, 4.69) is 20.4 Å². The summed E-state index contributed by atoms with van der Waals surface area (Å²) in [6, 6.07) is 3.63. The van der Waals surface area contributed by atoms with Crippen LogP contribution in [0.2, 0.25) is 0 Å². The third-order valence-corrected chi connectivity index (χ3v) is 4.26. The van der Waals surface area contributed by atoms with E-state index in [-0.39, 0.29) is 16.4 Å². The summed E-state index contributed by atoms with van der Waals surface area (Å²) in [7, 11) is 0. The number of nitrogens with one attached hydrogen (secondary N) is 1. The highest BCUT2D eigenvalue weighted by Gasteiger charge is 2.32. The fourth-order valence-electron chi connectivity index (χ4n) is 1.93. The van der Waals surface area contributed by atoms with Crippen LogP contribution in [-0.2, 0) is 16.1 Å². The topological polar surface area (TPSA) is 129 Å². The quantitative estimate of drug-likeness (QED) is 0.684. The summed E-state index contributed by atoms with van der Waals surface area (Å²) in [5.41, 5.74) is 0.829. The number of imide groups is 1. The molecule has 3 rings (SSSR count). The average molecular weight is 415 g/mol. The second-order valence-corrected chi connectivity index (χ2v) is 6.38. The number of carbonyl (C=O) groups excluding carboxylic acids is 3. The molecule has 148 valence electrons. The Hall–Kier alpha value is -3.09. The van der Waals surface area contributed by atoms with E-state index in [9.17, 15) is 22.8 Å². The van der Waals surface area contributed by atoms with Crippen molar-refractivity contribution < 1.29 is 37.3 Å². The number of amides is 2. The summed E-state index contributed by atoms with van der Waals surface area (Å²) in [6.45, 7) is 0.564. The summed E-state index contributed by atoms with van der Waals surface area (Å²) >= 11 is 1.03. The van der Waals surface area contributed by atoms with E-state index in [0.717, 1.165) is 17.3 Å². The van der Waals surface area contributed by atoms with Crippen molar-refractivity contribution in [2.75, 3.05) is 0 Å². The molecule has 2 aromatic rings. The van der Waals surface area contributed by atoms with Crippen molar-refractivity contribution in [2.24, 2.45) is 0 Å². The zero-order valence-corrected chi connectivity index (χ0v) is 14.7. The minimum Gasteiger partial charge on any atom is -0.542 e. The molecule has 1 fully saturated rings. The number of aromatic nitrogens is 4. The molecule has 0 aliphatic carbocycles. The number of carbonyl (C=O) groups is 3. The fraction of sp³-hybridized carbons (Fsp3) is 0.267. The van der Waals surface area contributed by atoms with Crippen LogP contribution in [0.15, 0.2) is 36.9 Å². The van der Waals surface area contributed by atoms with Gasteiger partial charge in [0.25, 0.3) is 5.24 Å². The Morgan fingerprint density at radius 2 is 1.93 bits per heavy atom. The van der Waals surface area contributed by atoms with Gasteiger partial charge < -0.3 is 9.90 Å². The molecule has 0 radical (unpaired) electrons. The lowest BCUT2D eigenvalue weighted by Crippen LogP contribution is -2.39. The van der Waals surface area contributed by atoms with Gasteiger partial charge in [-0.1, -0.05) is 16.4 Å². The number of halogens is 3. The first-order valence-corrected chi connectivity index (χ1v) is 8.47. The summed E-state index contributed by atoms with van der Waals surface area (Å²) in [4.78, 5) is 39.6. The van der Waals surface area contributed by atoms with Crippen molar-refractivity contribution in [3.05, 3.63) is 36.9 Å². The first-order chi connectivity index (χ1) is 13.2. The molecule has 3 heterocycles. The van der Waals surface area contributed by atoms with Crippen LogP contribution in [0, 0.1) is 0 Å². The van der Waals surface area contributed by atoms with E-state index in [1.54, 1.807) is 29.3 Å². The molecule has 0 spiro atoms. The number of alkyl halides is 3. The molecule has 2 aromatic heterocycles. The molecule has 9 nitrogen and oxygen atoms in total. The van der Waals surface area contributed by atoms with Crippen molar-refractivity contribution in [1.82, 2.24) is 20.4 Å². The van der Waals surface area contributed by atoms with Crippen LogP contribution in [0.4, 0.5) is 18.0 Å². The molecule has 1 saturated heterocycles. The van der Waals surface area contributed by atoms with Gasteiger partial charge in [0.05, 0.1) is 5.25 Å². The number of hydrogen-bond acceptors (Lipinski definition) is 8. The first kappa shape index (κ1) is 21.2. The Kier molecular flexibility index (Phi) is 6.98. The predicted octanol–water partition coefficient (Wildman–Crippen LogP) is -0.134. The van der Waals surface area contributed by atoms with Crippen LogP contribution in [0.1, 0.15) is 6.42 Å². The Balaban J connectivity index is 0.000000345. The van der Waals surface area contributed by atoms with Crippen LogP contribution < -0.4 is 15.1 Å². The number of thioether (sulfide) groups is 1. The number of nitrogens with zero attached hydrogens (tertiary/aromatic N) is 4. The second-order valence-electron chi connectivity index (χ2n) is 5.21. The van der Waals surface area contributed by atoms with Crippen LogP contribution in [0.5, 0.6) is 0 Å². The maximum absolute atomic E-state index is 11.4. The number of carboxylic acids is 1. The molecule has 0 aromatic carbocycles. The molecule has 13 heteroatoms. The molecule has 0 bridgehead atoms. The van der Waals surface area contributed by atoms with Crippen molar-refractivity contribution in [3.63, 3.8) is 0 Å². The van der Waals surface area contributed by atoms with Gasteiger partial charge in [-0.05, 0) is 11.2 Å². The number of hydrogen-bond donors (Lipinski definition) is 1. The molecule has 1 aliphatic heterocycles. The zero-order valence-electron chi connectivity index (χ0n) is 13.9. The molecular weight excluding hydrogens is 403 g/mol. The number of aryl methyl sites for hydroxylation is 1. The Bertz CT molecular complexity index is 849. The average Bonchev–Trinajstić information content (AvgIpc) is 2.98. The van der Waals surface area contributed by atoms with Crippen molar-refractivity contribution >= 4 is 28.9 Å². The van der Waals surface area contributed by atoms with Gasteiger partial charge in [0.1, 0.15) is 12.2 Å². The summed E-state index contributed by atoms with van der Waals surface area (Å²) in [5.74, 6) is -2.61. The van der Waals surface area contributed by atoms with Crippen LogP contribution >= 0.6 is 11.8 Å². The van der Waals surface area contributed by atoms with Gasteiger partial charge in [0.15, 0.2) is 18.6 Å². The fourth-order valence-corrected chi connectivity index (χ4v) is 2.74. The van der Waals surface area contributed by atoms with Crippen molar-refractivity contribution in [1.29, 1.82) is 0 Å². The van der Waals surface area contributed by atoms with E-state index in [1.165, 1.54) is 0 Å². The highest BCUT2D eigenvalue weighted by atomic mass is 32.2. The molecule has 1 aliphatic rings. The van der Waals surface area contributed by atoms with E-state index in [4.69, 9.17) is 9.90 Å². The normalized spacial score (nSPS) is 16.2. The minimum absolute atomic E-state index is 0.222. The summed E-state index contributed by atoms with van der Waals surface area (Å²) < 4.78 is 33.3. The predicted molar refractivity (Wildman–Crippen MR) is 86.1 cm³/mol. The number of rotatable bonds is 4. The number of aliphatic carboxylic acids is 1. The van der Waals surface area contributed by atoms with E-state index >= 15 is 0 Å². The van der Waals surface area contributed by atoms with E-state index in [0.29, 0.717) is 18.8 Å².